The van der Waals surface area contributed by atoms with Crippen LogP contribution in [0.25, 0.3) is 11.3 Å². The van der Waals surface area contributed by atoms with E-state index < -0.39 is 0 Å². The quantitative estimate of drug-likeness (QED) is 0.257. The van der Waals surface area contributed by atoms with E-state index in [1.807, 2.05) is 4.68 Å². The van der Waals surface area contributed by atoms with Gasteiger partial charge in [-0.2, -0.15) is 0 Å². The average molecular weight is 413 g/mol. The number of rotatable bonds is 17. The molecule has 0 saturated heterocycles. The van der Waals surface area contributed by atoms with Crippen LogP contribution in [0.3, 0.4) is 0 Å². The topological polar surface area (TPSA) is 34.0 Å². The van der Waals surface area contributed by atoms with Gasteiger partial charge in [0.1, 0.15) is 5.69 Å². The molecule has 0 N–H and O–H groups in total. The summed E-state index contributed by atoms with van der Waals surface area (Å²) in [5.74, 6) is 0. The predicted octanol–water partition coefficient (Wildman–Crippen LogP) is 7.23. The first-order valence-corrected chi connectivity index (χ1v) is 12.4. The number of hydrogen-bond acceptors (Lipinski definition) is 3. The smallest absolute Gasteiger partial charge is 0.113 e. The predicted molar refractivity (Wildman–Crippen MR) is 129 cm³/mol. The van der Waals surface area contributed by atoms with Crippen molar-refractivity contribution in [1.29, 1.82) is 0 Å². The van der Waals surface area contributed by atoms with Gasteiger partial charge in [-0.15, -0.1) is 5.10 Å². The molecule has 0 aliphatic carbocycles. The second-order valence-corrected chi connectivity index (χ2v) is 8.80. The Morgan fingerprint density at radius 1 is 0.733 bits per heavy atom. The molecule has 0 aliphatic rings. The van der Waals surface area contributed by atoms with E-state index >= 15 is 0 Å². The standard InChI is InChI=1S/C26H44N4/c1-4-6-8-10-12-14-20-29(21-15-13-11-9-7-5-2)23-30-22-26(27-28-30)25-18-16-24(3)17-19-25/h16-19,22H,4-15,20-21,23H2,1-3H3. The van der Waals surface area contributed by atoms with E-state index in [4.69, 9.17) is 0 Å². The Balaban J connectivity index is 1.83. The van der Waals surface area contributed by atoms with Crippen LogP contribution in [0, 0.1) is 6.92 Å². The monoisotopic (exact) mass is 412 g/mol. The largest absolute Gasteiger partial charge is 0.284 e. The first kappa shape index (κ1) is 24.6. The molecule has 1 heterocycles. The molecular weight excluding hydrogens is 368 g/mol. The molecule has 0 fully saturated rings. The number of benzene rings is 1. The first-order valence-electron chi connectivity index (χ1n) is 12.4. The third-order valence-electron chi connectivity index (χ3n) is 5.89. The fraction of sp³-hybridized carbons (Fsp3) is 0.692. The molecule has 0 radical (unpaired) electrons. The van der Waals surface area contributed by atoms with Gasteiger partial charge in [0.2, 0.25) is 0 Å². The number of aromatic nitrogens is 3. The maximum atomic E-state index is 4.42. The molecule has 0 unspecified atom stereocenters. The Bertz CT molecular complexity index is 646. The Morgan fingerprint density at radius 2 is 1.27 bits per heavy atom. The number of hydrogen-bond donors (Lipinski definition) is 0. The van der Waals surface area contributed by atoms with E-state index in [2.05, 4.69) is 66.4 Å². The molecule has 0 spiro atoms. The van der Waals surface area contributed by atoms with Crippen molar-refractivity contribution in [3.05, 3.63) is 36.0 Å². The number of aryl methyl sites for hydroxylation is 1. The maximum Gasteiger partial charge on any atom is 0.113 e. The van der Waals surface area contributed by atoms with Gasteiger partial charge in [-0.05, 0) is 32.9 Å². The highest BCUT2D eigenvalue weighted by Crippen LogP contribution is 2.17. The number of unbranched alkanes of at least 4 members (excludes halogenated alkanes) is 10. The van der Waals surface area contributed by atoms with Crippen molar-refractivity contribution in [3.63, 3.8) is 0 Å². The lowest BCUT2D eigenvalue weighted by molar-refractivity contribution is 0.196. The van der Waals surface area contributed by atoms with E-state index in [0.29, 0.717) is 0 Å². The summed E-state index contributed by atoms with van der Waals surface area (Å²) >= 11 is 0. The van der Waals surface area contributed by atoms with Gasteiger partial charge >= 0.3 is 0 Å². The molecule has 4 nitrogen and oxygen atoms in total. The Labute approximate surface area is 185 Å². The van der Waals surface area contributed by atoms with Gasteiger partial charge in [-0.1, -0.05) is 113 Å². The van der Waals surface area contributed by atoms with Crippen molar-refractivity contribution in [2.24, 2.45) is 0 Å². The second-order valence-electron chi connectivity index (χ2n) is 8.80. The second kappa shape index (κ2) is 15.2. The molecule has 0 amide bonds. The zero-order chi connectivity index (χ0) is 21.4. The van der Waals surface area contributed by atoms with Crippen molar-refractivity contribution >= 4 is 0 Å². The van der Waals surface area contributed by atoms with Crippen molar-refractivity contribution < 1.29 is 0 Å². The normalized spacial score (nSPS) is 11.5. The van der Waals surface area contributed by atoms with Crippen molar-refractivity contribution in [1.82, 2.24) is 19.9 Å². The molecule has 0 bridgehead atoms. The molecule has 0 saturated carbocycles. The van der Waals surface area contributed by atoms with Gasteiger partial charge < -0.3 is 0 Å². The van der Waals surface area contributed by atoms with Crippen molar-refractivity contribution in [2.75, 3.05) is 13.1 Å². The summed E-state index contributed by atoms with van der Waals surface area (Å²) in [4.78, 5) is 2.58. The highest BCUT2D eigenvalue weighted by atomic mass is 15.5. The molecule has 2 rings (SSSR count). The van der Waals surface area contributed by atoms with Crippen LogP contribution in [0.4, 0.5) is 0 Å². The molecule has 168 valence electrons. The van der Waals surface area contributed by atoms with Crippen LogP contribution in [-0.4, -0.2) is 33.0 Å². The van der Waals surface area contributed by atoms with E-state index in [1.54, 1.807) is 0 Å². The fourth-order valence-electron chi connectivity index (χ4n) is 3.91. The zero-order valence-electron chi connectivity index (χ0n) is 19.8. The highest BCUT2D eigenvalue weighted by molar-refractivity contribution is 5.57. The van der Waals surface area contributed by atoms with Crippen LogP contribution in [-0.2, 0) is 6.67 Å². The van der Waals surface area contributed by atoms with Crippen LogP contribution >= 0.6 is 0 Å². The summed E-state index contributed by atoms with van der Waals surface area (Å²) < 4.78 is 2.02. The lowest BCUT2D eigenvalue weighted by atomic mass is 10.1. The highest BCUT2D eigenvalue weighted by Gasteiger charge is 2.09. The van der Waals surface area contributed by atoms with Gasteiger partial charge in [0.05, 0.1) is 12.9 Å². The molecule has 0 aliphatic heterocycles. The summed E-state index contributed by atoms with van der Waals surface area (Å²) in [5.41, 5.74) is 3.38. The SMILES string of the molecule is CCCCCCCCN(CCCCCCCC)Cn1cc(-c2ccc(C)cc2)nn1. The lowest BCUT2D eigenvalue weighted by Crippen LogP contribution is -2.29. The lowest BCUT2D eigenvalue weighted by Gasteiger charge is -2.22. The van der Waals surface area contributed by atoms with Gasteiger partial charge in [0, 0.05) is 5.56 Å². The minimum absolute atomic E-state index is 0.850. The molecule has 30 heavy (non-hydrogen) atoms. The maximum absolute atomic E-state index is 4.42. The number of nitrogens with zero attached hydrogens (tertiary/aromatic N) is 4. The molecule has 1 aromatic heterocycles. The summed E-state index contributed by atoms with van der Waals surface area (Å²) in [7, 11) is 0. The molecule has 4 heteroatoms. The minimum atomic E-state index is 0.850. The Kier molecular flexibility index (Phi) is 12.4. The van der Waals surface area contributed by atoms with Gasteiger partial charge in [0.25, 0.3) is 0 Å². The van der Waals surface area contributed by atoms with Crippen LogP contribution in [0.5, 0.6) is 0 Å². The summed E-state index contributed by atoms with van der Waals surface area (Å²) in [6.07, 6.45) is 18.3. The molecule has 0 atom stereocenters. The Morgan fingerprint density at radius 3 is 1.83 bits per heavy atom. The van der Waals surface area contributed by atoms with E-state index in [-0.39, 0.29) is 0 Å². The van der Waals surface area contributed by atoms with Crippen LogP contribution < -0.4 is 0 Å². The molecular formula is C26H44N4. The van der Waals surface area contributed by atoms with Gasteiger partial charge in [-0.25, -0.2) is 4.68 Å². The first-order chi connectivity index (χ1) is 14.7. The summed E-state index contributed by atoms with van der Waals surface area (Å²) in [6.45, 7) is 9.86. The van der Waals surface area contributed by atoms with E-state index in [0.717, 1.165) is 17.9 Å². The minimum Gasteiger partial charge on any atom is -0.284 e. The fourth-order valence-corrected chi connectivity index (χ4v) is 3.91. The average Bonchev–Trinajstić information content (AvgIpc) is 3.21. The molecule has 1 aromatic carbocycles. The van der Waals surface area contributed by atoms with Crippen molar-refractivity contribution in [3.8, 4) is 11.3 Å². The summed E-state index contributed by atoms with van der Waals surface area (Å²) in [6, 6.07) is 8.54. The van der Waals surface area contributed by atoms with Crippen LogP contribution in [0.15, 0.2) is 30.5 Å². The van der Waals surface area contributed by atoms with Gasteiger partial charge in [0.15, 0.2) is 0 Å². The van der Waals surface area contributed by atoms with E-state index in [1.165, 1.54) is 95.7 Å². The summed E-state index contributed by atoms with van der Waals surface area (Å²) in [5, 5.41) is 8.83. The van der Waals surface area contributed by atoms with E-state index in [9.17, 15) is 0 Å². The third kappa shape index (κ3) is 9.88. The van der Waals surface area contributed by atoms with Crippen LogP contribution in [0.2, 0.25) is 0 Å². The Hall–Kier alpha value is -1.68. The molecule has 2 aromatic rings. The third-order valence-corrected chi connectivity index (χ3v) is 5.89. The van der Waals surface area contributed by atoms with Crippen LogP contribution in [0.1, 0.15) is 96.5 Å². The zero-order valence-corrected chi connectivity index (χ0v) is 19.8. The van der Waals surface area contributed by atoms with Gasteiger partial charge in [-0.3, -0.25) is 4.90 Å². The van der Waals surface area contributed by atoms with Crippen molar-refractivity contribution in [2.45, 2.75) is 104 Å².